The third-order valence-corrected chi connectivity index (χ3v) is 4.74. The summed E-state index contributed by atoms with van der Waals surface area (Å²) in [5.41, 5.74) is 3.48. The lowest BCUT2D eigenvalue weighted by molar-refractivity contribution is -0.122. The number of aryl methyl sites for hydroxylation is 1. The van der Waals surface area contributed by atoms with Gasteiger partial charge in [-0.1, -0.05) is 42.6 Å². The van der Waals surface area contributed by atoms with E-state index in [1.165, 1.54) is 22.7 Å². The molecule has 1 aliphatic rings. The van der Waals surface area contributed by atoms with Crippen LogP contribution in [-0.2, 0) is 17.8 Å². The number of hydrogen-bond donors (Lipinski definition) is 1. The normalized spacial score (nSPS) is 17.0. The largest absolute Gasteiger partial charge is 0.351 e. The minimum Gasteiger partial charge on any atom is -0.351 e. The van der Waals surface area contributed by atoms with E-state index in [1.807, 2.05) is 12.1 Å². The smallest absolute Gasteiger partial charge is 0.227 e. The van der Waals surface area contributed by atoms with Crippen molar-refractivity contribution in [1.29, 1.82) is 0 Å². The van der Waals surface area contributed by atoms with Gasteiger partial charge in [0.1, 0.15) is 0 Å². The number of carbonyl (C=O) groups is 1. The standard InChI is InChI=1S/C16H19N3OS/c1-10(2)15-14(21-19-18-15)9-17-16(20)13-8-7-11-5-3-4-6-12(11)13/h3-6,10,13H,7-9H2,1-2H3,(H,17,20)/t13-/m0/s1. The molecule has 0 saturated heterocycles. The average molecular weight is 301 g/mol. The summed E-state index contributed by atoms with van der Waals surface area (Å²) in [7, 11) is 0. The van der Waals surface area contributed by atoms with Gasteiger partial charge in [0, 0.05) is 0 Å². The van der Waals surface area contributed by atoms with Crippen molar-refractivity contribution >= 4 is 17.4 Å². The molecular formula is C16H19N3OS. The molecule has 0 bridgehead atoms. The molecule has 1 atom stereocenters. The van der Waals surface area contributed by atoms with E-state index >= 15 is 0 Å². The van der Waals surface area contributed by atoms with E-state index in [0.717, 1.165) is 23.4 Å². The summed E-state index contributed by atoms with van der Waals surface area (Å²) in [4.78, 5) is 13.5. The fourth-order valence-corrected chi connectivity index (χ4v) is 3.63. The number of amides is 1. The number of benzene rings is 1. The molecule has 0 radical (unpaired) electrons. The average Bonchev–Trinajstić information content (AvgIpc) is 3.11. The first-order chi connectivity index (χ1) is 10.2. The van der Waals surface area contributed by atoms with Crippen LogP contribution in [0.3, 0.4) is 0 Å². The molecule has 1 aliphatic carbocycles. The fourth-order valence-electron chi connectivity index (χ4n) is 2.90. The molecule has 110 valence electrons. The molecule has 3 rings (SSSR count). The van der Waals surface area contributed by atoms with Crippen LogP contribution in [-0.4, -0.2) is 15.5 Å². The van der Waals surface area contributed by atoms with Gasteiger partial charge in [0.2, 0.25) is 5.91 Å². The number of hydrogen-bond acceptors (Lipinski definition) is 4. The van der Waals surface area contributed by atoms with Crippen LogP contribution in [0.1, 0.15) is 53.8 Å². The summed E-state index contributed by atoms with van der Waals surface area (Å²) in [6.07, 6.45) is 1.90. The van der Waals surface area contributed by atoms with Crippen molar-refractivity contribution in [3.63, 3.8) is 0 Å². The Kier molecular flexibility index (Phi) is 4.01. The van der Waals surface area contributed by atoms with Gasteiger partial charge in [0.15, 0.2) is 0 Å². The van der Waals surface area contributed by atoms with Gasteiger partial charge >= 0.3 is 0 Å². The molecule has 0 spiro atoms. The molecule has 0 saturated carbocycles. The fraction of sp³-hybridized carbons (Fsp3) is 0.438. The third kappa shape index (κ3) is 2.83. The predicted octanol–water partition coefficient (Wildman–Crippen LogP) is 3.01. The van der Waals surface area contributed by atoms with Gasteiger partial charge in [0.25, 0.3) is 0 Å². The Labute approximate surface area is 128 Å². The lowest BCUT2D eigenvalue weighted by Gasteiger charge is -2.12. The molecule has 1 N–H and O–H groups in total. The summed E-state index contributed by atoms with van der Waals surface area (Å²) >= 11 is 1.37. The van der Waals surface area contributed by atoms with E-state index in [9.17, 15) is 4.79 Å². The maximum Gasteiger partial charge on any atom is 0.227 e. The molecule has 0 fully saturated rings. The van der Waals surface area contributed by atoms with Crippen LogP contribution in [0.2, 0.25) is 0 Å². The molecule has 4 nitrogen and oxygen atoms in total. The monoisotopic (exact) mass is 301 g/mol. The Morgan fingerprint density at radius 2 is 2.24 bits per heavy atom. The number of nitrogens with zero attached hydrogens (tertiary/aromatic N) is 2. The van der Waals surface area contributed by atoms with Crippen LogP contribution >= 0.6 is 11.5 Å². The van der Waals surface area contributed by atoms with Crippen LogP contribution in [0.5, 0.6) is 0 Å². The van der Waals surface area contributed by atoms with Crippen molar-refractivity contribution in [2.45, 2.75) is 45.1 Å². The second-order valence-electron chi connectivity index (χ2n) is 5.74. The Morgan fingerprint density at radius 3 is 3.05 bits per heavy atom. The van der Waals surface area contributed by atoms with E-state index in [0.29, 0.717) is 12.5 Å². The molecular weight excluding hydrogens is 282 g/mol. The number of carbonyl (C=O) groups excluding carboxylic acids is 1. The van der Waals surface area contributed by atoms with Gasteiger partial charge < -0.3 is 5.32 Å². The third-order valence-electron chi connectivity index (χ3n) is 4.00. The van der Waals surface area contributed by atoms with E-state index < -0.39 is 0 Å². The summed E-state index contributed by atoms with van der Waals surface area (Å²) < 4.78 is 4.00. The Balaban J connectivity index is 1.67. The minimum atomic E-state index is -0.00965. The molecule has 2 aromatic rings. The zero-order valence-electron chi connectivity index (χ0n) is 12.3. The lowest BCUT2D eigenvalue weighted by atomic mass is 10.0. The molecule has 1 aromatic heterocycles. The first-order valence-electron chi connectivity index (χ1n) is 7.33. The second-order valence-corrected chi connectivity index (χ2v) is 6.58. The van der Waals surface area contributed by atoms with Gasteiger partial charge in [-0.2, -0.15) is 0 Å². The maximum atomic E-state index is 12.4. The first kappa shape index (κ1) is 14.2. The van der Waals surface area contributed by atoms with Gasteiger partial charge in [-0.3, -0.25) is 4.79 Å². The highest BCUT2D eigenvalue weighted by Crippen LogP contribution is 2.33. The molecule has 0 unspecified atom stereocenters. The van der Waals surface area contributed by atoms with Crippen LogP contribution in [0.4, 0.5) is 0 Å². The number of rotatable bonds is 4. The lowest BCUT2D eigenvalue weighted by Crippen LogP contribution is -2.28. The van der Waals surface area contributed by atoms with E-state index in [-0.39, 0.29) is 11.8 Å². The molecule has 1 aromatic carbocycles. The van der Waals surface area contributed by atoms with E-state index in [4.69, 9.17) is 0 Å². The summed E-state index contributed by atoms with van der Waals surface area (Å²) in [6.45, 7) is 4.72. The molecule has 21 heavy (non-hydrogen) atoms. The molecule has 0 aliphatic heterocycles. The van der Waals surface area contributed by atoms with Gasteiger partial charge in [-0.25, -0.2) is 0 Å². The van der Waals surface area contributed by atoms with E-state index in [2.05, 4.69) is 40.9 Å². The zero-order valence-corrected chi connectivity index (χ0v) is 13.1. The van der Waals surface area contributed by atoms with Gasteiger partial charge in [-0.05, 0) is 41.4 Å². The van der Waals surface area contributed by atoms with Crippen molar-refractivity contribution in [1.82, 2.24) is 14.9 Å². The molecule has 1 amide bonds. The van der Waals surface area contributed by atoms with Gasteiger partial charge in [-0.15, -0.1) is 5.10 Å². The summed E-state index contributed by atoms with van der Waals surface area (Å²) in [6, 6.07) is 8.23. The Bertz CT molecular complexity index is 650. The predicted molar refractivity (Wildman–Crippen MR) is 83.3 cm³/mol. The Hall–Kier alpha value is -1.75. The zero-order chi connectivity index (χ0) is 14.8. The van der Waals surface area contributed by atoms with Crippen molar-refractivity contribution in [3.8, 4) is 0 Å². The van der Waals surface area contributed by atoms with Crippen molar-refractivity contribution in [3.05, 3.63) is 46.0 Å². The highest BCUT2D eigenvalue weighted by Gasteiger charge is 2.28. The first-order valence-corrected chi connectivity index (χ1v) is 8.10. The summed E-state index contributed by atoms with van der Waals surface area (Å²) in [5, 5.41) is 7.20. The highest BCUT2D eigenvalue weighted by molar-refractivity contribution is 7.05. The molecule has 1 heterocycles. The molecule has 5 heteroatoms. The van der Waals surface area contributed by atoms with Gasteiger partial charge in [0.05, 0.1) is 23.0 Å². The number of nitrogens with one attached hydrogen (secondary N) is 1. The van der Waals surface area contributed by atoms with Crippen LogP contribution in [0.15, 0.2) is 24.3 Å². The van der Waals surface area contributed by atoms with Crippen molar-refractivity contribution < 1.29 is 4.79 Å². The number of aromatic nitrogens is 2. The van der Waals surface area contributed by atoms with E-state index in [1.54, 1.807) is 0 Å². The highest BCUT2D eigenvalue weighted by atomic mass is 32.1. The Morgan fingerprint density at radius 1 is 1.43 bits per heavy atom. The number of fused-ring (bicyclic) bond motifs is 1. The topological polar surface area (TPSA) is 54.9 Å². The van der Waals surface area contributed by atoms with Crippen molar-refractivity contribution in [2.75, 3.05) is 0 Å². The maximum absolute atomic E-state index is 12.4. The summed E-state index contributed by atoms with van der Waals surface area (Å²) in [5.74, 6) is 0.440. The quantitative estimate of drug-likeness (QED) is 0.944. The van der Waals surface area contributed by atoms with Crippen molar-refractivity contribution in [2.24, 2.45) is 0 Å². The van der Waals surface area contributed by atoms with Crippen LogP contribution in [0, 0.1) is 0 Å². The van der Waals surface area contributed by atoms with Crippen LogP contribution in [0.25, 0.3) is 0 Å². The SMILES string of the molecule is CC(C)c1nnsc1CNC(=O)[C@H]1CCc2ccccc21. The van der Waals surface area contributed by atoms with Crippen LogP contribution < -0.4 is 5.32 Å². The minimum absolute atomic E-state index is 0.00965. The second kappa shape index (κ2) is 5.93.